The van der Waals surface area contributed by atoms with Crippen LogP contribution in [0.15, 0.2) is 24.3 Å². The van der Waals surface area contributed by atoms with Crippen LogP contribution in [0.25, 0.3) is 6.08 Å². The van der Waals surface area contributed by atoms with Crippen LogP contribution < -0.4 is 5.73 Å². The normalized spacial score (nSPS) is 10.9. The zero-order chi connectivity index (χ0) is 9.68. The SMILES string of the molecule is Nc1cccc(C=CCCCl)c1F. The van der Waals surface area contributed by atoms with Crippen LogP contribution in [0.2, 0.25) is 0 Å². The highest BCUT2D eigenvalue weighted by molar-refractivity contribution is 6.17. The third-order valence-corrected chi connectivity index (χ3v) is 1.85. The number of nitrogen functional groups attached to an aromatic ring is 1. The minimum absolute atomic E-state index is 0.174. The van der Waals surface area contributed by atoms with Crippen LogP contribution in [-0.2, 0) is 0 Å². The number of benzene rings is 1. The lowest BCUT2D eigenvalue weighted by Gasteiger charge is -1.99. The van der Waals surface area contributed by atoms with E-state index in [1.54, 1.807) is 18.2 Å². The smallest absolute Gasteiger partial charge is 0.153 e. The Morgan fingerprint density at radius 3 is 2.92 bits per heavy atom. The maximum atomic E-state index is 13.2. The van der Waals surface area contributed by atoms with Gasteiger partial charge in [0, 0.05) is 11.4 Å². The molecule has 2 N–H and O–H groups in total. The van der Waals surface area contributed by atoms with E-state index < -0.39 is 0 Å². The Bertz CT molecular complexity index is 310. The van der Waals surface area contributed by atoms with Crippen LogP contribution in [0.5, 0.6) is 0 Å². The second-order valence-electron chi connectivity index (χ2n) is 2.63. The summed E-state index contributed by atoms with van der Waals surface area (Å²) in [5, 5.41) is 0. The maximum Gasteiger partial charge on any atom is 0.153 e. The van der Waals surface area contributed by atoms with Gasteiger partial charge >= 0.3 is 0 Å². The van der Waals surface area contributed by atoms with Crippen LogP contribution in [0.4, 0.5) is 10.1 Å². The molecule has 0 aromatic heterocycles. The molecule has 0 spiro atoms. The molecule has 0 fully saturated rings. The fourth-order valence-corrected chi connectivity index (χ4v) is 1.10. The molecular weight excluding hydrogens is 189 g/mol. The Morgan fingerprint density at radius 1 is 1.46 bits per heavy atom. The molecule has 13 heavy (non-hydrogen) atoms. The van der Waals surface area contributed by atoms with Crippen LogP contribution in [0.3, 0.4) is 0 Å². The van der Waals surface area contributed by atoms with E-state index in [4.69, 9.17) is 17.3 Å². The van der Waals surface area contributed by atoms with Gasteiger partial charge in [0.05, 0.1) is 5.69 Å². The number of anilines is 1. The topological polar surface area (TPSA) is 26.0 Å². The monoisotopic (exact) mass is 199 g/mol. The van der Waals surface area contributed by atoms with Crippen molar-refractivity contribution in [2.75, 3.05) is 11.6 Å². The quantitative estimate of drug-likeness (QED) is 0.588. The molecule has 1 aromatic rings. The lowest BCUT2D eigenvalue weighted by atomic mass is 10.1. The molecule has 1 rings (SSSR count). The van der Waals surface area contributed by atoms with E-state index in [0.717, 1.165) is 6.42 Å². The number of hydrogen-bond acceptors (Lipinski definition) is 1. The van der Waals surface area contributed by atoms with Crippen molar-refractivity contribution in [3.63, 3.8) is 0 Å². The van der Waals surface area contributed by atoms with Crippen LogP contribution in [-0.4, -0.2) is 5.88 Å². The molecule has 0 unspecified atom stereocenters. The van der Waals surface area contributed by atoms with Gasteiger partial charge in [0.2, 0.25) is 0 Å². The van der Waals surface area contributed by atoms with Crippen molar-refractivity contribution < 1.29 is 4.39 Å². The molecular formula is C10H11ClFN. The van der Waals surface area contributed by atoms with Crippen molar-refractivity contribution in [2.45, 2.75) is 6.42 Å². The fourth-order valence-electron chi connectivity index (χ4n) is 0.970. The Morgan fingerprint density at radius 2 is 2.23 bits per heavy atom. The average Bonchev–Trinajstić information content (AvgIpc) is 2.13. The summed E-state index contributed by atoms with van der Waals surface area (Å²) in [7, 11) is 0. The third-order valence-electron chi connectivity index (χ3n) is 1.63. The molecule has 70 valence electrons. The Hall–Kier alpha value is -1.02. The number of nitrogens with two attached hydrogens (primary N) is 1. The zero-order valence-electron chi connectivity index (χ0n) is 7.13. The summed E-state index contributed by atoms with van der Waals surface area (Å²) in [5.41, 5.74) is 6.07. The van der Waals surface area contributed by atoms with E-state index in [1.807, 2.05) is 6.08 Å². The highest BCUT2D eigenvalue weighted by atomic mass is 35.5. The first-order valence-electron chi connectivity index (χ1n) is 4.02. The minimum Gasteiger partial charge on any atom is -0.396 e. The standard InChI is InChI=1S/C10H11ClFN/c11-7-2-1-4-8-5-3-6-9(13)10(8)12/h1,3-6H,2,7,13H2. The molecule has 0 heterocycles. The number of hydrogen-bond donors (Lipinski definition) is 1. The average molecular weight is 200 g/mol. The molecule has 0 atom stereocenters. The van der Waals surface area contributed by atoms with Crippen molar-refractivity contribution in [1.29, 1.82) is 0 Å². The van der Waals surface area contributed by atoms with Gasteiger partial charge in [0.25, 0.3) is 0 Å². The summed E-state index contributed by atoms with van der Waals surface area (Å²) in [4.78, 5) is 0. The zero-order valence-corrected chi connectivity index (χ0v) is 7.89. The van der Waals surface area contributed by atoms with E-state index in [0.29, 0.717) is 11.4 Å². The minimum atomic E-state index is -0.367. The van der Waals surface area contributed by atoms with Gasteiger partial charge in [-0.05, 0) is 12.5 Å². The van der Waals surface area contributed by atoms with Gasteiger partial charge in [-0.15, -0.1) is 11.6 Å². The third kappa shape index (κ3) is 2.74. The number of rotatable bonds is 3. The van der Waals surface area contributed by atoms with Crippen molar-refractivity contribution >= 4 is 23.4 Å². The van der Waals surface area contributed by atoms with E-state index >= 15 is 0 Å². The highest BCUT2D eigenvalue weighted by Gasteiger charge is 2.00. The van der Waals surface area contributed by atoms with Crippen molar-refractivity contribution in [3.05, 3.63) is 35.7 Å². The van der Waals surface area contributed by atoms with E-state index in [1.165, 1.54) is 6.07 Å². The predicted molar refractivity (Wildman–Crippen MR) is 55.2 cm³/mol. The molecule has 1 aromatic carbocycles. The molecule has 1 nitrogen and oxygen atoms in total. The van der Waals surface area contributed by atoms with Crippen LogP contribution in [0, 0.1) is 5.82 Å². The van der Waals surface area contributed by atoms with E-state index in [9.17, 15) is 4.39 Å². The molecule has 0 amide bonds. The molecule has 0 radical (unpaired) electrons. The first kappa shape index (κ1) is 10.1. The molecule has 3 heteroatoms. The molecule has 0 aliphatic heterocycles. The lowest BCUT2D eigenvalue weighted by molar-refractivity contribution is 0.630. The molecule has 0 aliphatic carbocycles. The number of halogens is 2. The lowest BCUT2D eigenvalue weighted by Crippen LogP contribution is -1.92. The molecule has 0 saturated carbocycles. The van der Waals surface area contributed by atoms with Crippen molar-refractivity contribution in [3.8, 4) is 0 Å². The number of allylic oxidation sites excluding steroid dienone is 1. The van der Waals surface area contributed by atoms with Gasteiger partial charge in [-0.3, -0.25) is 0 Å². The summed E-state index contributed by atoms with van der Waals surface area (Å²) in [6, 6.07) is 4.93. The summed E-state index contributed by atoms with van der Waals surface area (Å²) in [5.74, 6) is 0.175. The molecule has 0 aliphatic rings. The fraction of sp³-hybridized carbons (Fsp3) is 0.200. The van der Waals surface area contributed by atoms with Gasteiger partial charge in [0.15, 0.2) is 5.82 Å². The summed E-state index contributed by atoms with van der Waals surface area (Å²) < 4.78 is 13.2. The van der Waals surface area contributed by atoms with Gasteiger partial charge < -0.3 is 5.73 Å². The van der Waals surface area contributed by atoms with Gasteiger partial charge in [-0.25, -0.2) is 4.39 Å². The first-order chi connectivity index (χ1) is 6.25. The number of alkyl halides is 1. The maximum absolute atomic E-state index is 13.2. The van der Waals surface area contributed by atoms with E-state index in [-0.39, 0.29) is 11.5 Å². The predicted octanol–water partition coefficient (Wildman–Crippen LogP) is 3.05. The van der Waals surface area contributed by atoms with Gasteiger partial charge in [-0.1, -0.05) is 24.3 Å². The largest absolute Gasteiger partial charge is 0.396 e. The first-order valence-corrected chi connectivity index (χ1v) is 4.55. The summed E-state index contributed by atoms with van der Waals surface area (Å²) >= 11 is 5.47. The Balaban J connectivity index is 2.83. The van der Waals surface area contributed by atoms with Crippen LogP contribution >= 0.6 is 11.6 Å². The summed E-state index contributed by atoms with van der Waals surface area (Å²) in [6.45, 7) is 0. The van der Waals surface area contributed by atoms with E-state index in [2.05, 4.69) is 0 Å². The molecule has 0 saturated heterocycles. The second-order valence-corrected chi connectivity index (χ2v) is 3.01. The Labute approximate surface area is 82.0 Å². The highest BCUT2D eigenvalue weighted by Crippen LogP contribution is 2.15. The van der Waals surface area contributed by atoms with Crippen molar-refractivity contribution in [2.24, 2.45) is 0 Å². The van der Waals surface area contributed by atoms with Crippen LogP contribution in [0.1, 0.15) is 12.0 Å². The Kier molecular flexibility index (Phi) is 3.77. The second kappa shape index (κ2) is 4.87. The van der Waals surface area contributed by atoms with Crippen molar-refractivity contribution in [1.82, 2.24) is 0 Å². The van der Waals surface area contributed by atoms with Gasteiger partial charge in [0.1, 0.15) is 0 Å². The van der Waals surface area contributed by atoms with Gasteiger partial charge in [-0.2, -0.15) is 0 Å². The summed E-state index contributed by atoms with van der Waals surface area (Å²) in [6.07, 6.45) is 4.24. The molecule has 0 bridgehead atoms.